The van der Waals surface area contributed by atoms with Gasteiger partial charge in [0.15, 0.2) is 11.6 Å². The minimum absolute atomic E-state index is 0.0187. The molecule has 1 aromatic carbocycles. The van der Waals surface area contributed by atoms with Crippen molar-refractivity contribution in [2.24, 2.45) is 0 Å². The van der Waals surface area contributed by atoms with Crippen molar-refractivity contribution in [3.05, 3.63) is 28.8 Å². The van der Waals surface area contributed by atoms with E-state index < -0.39 is 0 Å². The lowest BCUT2D eigenvalue weighted by molar-refractivity contribution is 0.0922. The minimum atomic E-state index is -0.137. The Morgan fingerprint density at radius 1 is 1.21 bits per heavy atom. The normalized spacial score (nSPS) is 14.4. The van der Waals surface area contributed by atoms with Crippen molar-refractivity contribution in [1.82, 2.24) is 0 Å². The fourth-order valence-electron chi connectivity index (χ4n) is 1.75. The SMILES string of the molecule is COc1cc(C)cc2c1C(=O)CC2=O. The Balaban J connectivity index is 2.73. The van der Waals surface area contributed by atoms with Crippen LogP contribution in [0, 0.1) is 6.92 Å². The molecular weight excluding hydrogens is 180 g/mol. The largest absolute Gasteiger partial charge is 0.496 e. The van der Waals surface area contributed by atoms with Gasteiger partial charge in [0.05, 0.1) is 19.1 Å². The first-order valence-electron chi connectivity index (χ1n) is 4.38. The first kappa shape index (κ1) is 8.94. The molecular formula is C11H10O3. The summed E-state index contributed by atoms with van der Waals surface area (Å²) in [5.74, 6) is 0.268. The Morgan fingerprint density at radius 3 is 2.57 bits per heavy atom. The van der Waals surface area contributed by atoms with Gasteiger partial charge in [-0.2, -0.15) is 0 Å². The van der Waals surface area contributed by atoms with Crippen LogP contribution in [0.3, 0.4) is 0 Å². The predicted octanol–water partition coefficient (Wildman–Crippen LogP) is 1.77. The average molecular weight is 190 g/mol. The summed E-state index contributed by atoms with van der Waals surface area (Å²) in [7, 11) is 1.51. The molecule has 1 aliphatic carbocycles. The molecule has 0 aromatic heterocycles. The molecule has 0 N–H and O–H groups in total. The van der Waals surface area contributed by atoms with Crippen LogP contribution in [0.1, 0.15) is 32.7 Å². The molecule has 0 aliphatic heterocycles. The second kappa shape index (κ2) is 2.94. The third-order valence-electron chi connectivity index (χ3n) is 2.37. The summed E-state index contributed by atoms with van der Waals surface area (Å²) in [4.78, 5) is 22.9. The summed E-state index contributed by atoms with van der Waals surface area (Å²) in [5, 5.41) is 0. The fourth-order valence-corrected chi connectivity index (χ4v) is 1.75. The van der Waals surface area contributed by atoms with Gasteiger partial charge in [0, 0.05) is 5.56 Å². The van der Waals surface area contributed by atoms with Gasteiger partial charge in [0.2, 0.25) is 0 Å². The van der Waals surface area contributed by atoms with Crippen molar-refractivity contribution >= 4 is 11.6 Å². The number of ether oxygens (including phenoxy) is 1. The molecule has 0 unspecified atom stereocenters. The Bertz CT molecular complexity index is 432. The highest BCUT2D eigenvalue weighted by molar-refractivity contribution is 6.25. The number of carbonyl (C=O) groups excluding carboxylic acids is 2. The number of benzene rings is 1. The van der Waals surface area contributed by atoms with Gasteiger partial charge in [0.1, 0.15) is 5.75 Å². The summed E-state index contributed by atoms with van der Waals surface area (Å²) < 4.78 is 5.08. The lowest BCUT2D eigenvalue weighted by Crippen LogP contribution is -1.97. The van der Waals surface area contributed by atoms with Crippen molar-refractivity contribution in [2.45, 2.75) is 13.3 Å². The zero-order chi connectivity index (χ0) is 10.3. The molecule has 3 nitrogen and oxygen atoms in total. The van der Waals surface area contributed by atoms with E-state index in [1.165, 1.54) is 7.11 Å². The number of ketones is 2. The number of carbonyl (C=O) groups is 2. The quantitative estimate of drug-likeness (QED) is 0.634. The molecule has 0 atom stereocenters. The highest BCUT2D eigenvalue weighted by atomic mass is 16.5. The number of methoxy groups -OCH3 is 1. The minimum Gasteiger partial charge on any atom is -0.496 e. The van der Waals surface area contributed by atoms with Crippen LogP contribution in [-0.2, 0) is 0 Å². The third-order valence-corrected chi connectivity index (χ3v) is 2.37. The smallest absolute Gasteiger partial charge is 0.175 e. The Morgan fingerprint density at radius 2 is 1.93 bits per heavy atom. The van der Waals surface area contributed by atoms with Gasteiger partial charge in [-0.15, -0.1) is 0 Å². The predicted molar refractivity (Wildman–Crippen MR) is 51.0 cm³/mol. The van der Waals surface area contributed by atoms with E-state index in [-0.39, 0.29) is 18.0 Å². The first-order chi connectivity index (χ1) is 6.63. The van der Waals surface area contributed by atoms with Gasteiger partial charge in [-0.3, -0.25) is 9.59 Å². The van der Waals surface area contributed by atoms with Gasteiger partial charge < -0.3 is 4.74 Å². The van der Waals surface area contributed by atoms with E-state index in [1.54, 1.807) is 12.1 Å². The molecule has 0 saturated carbocycles. The zero-order valence-electron chi connectivity index (χ0n) is 8.09. The molecule has 3 heteroatoms. The number of rotatable bonds is 1. The van der Waals surface area contributed by atoms with Gasteiger partial charge in [-0.25, -0.2) is 0 Å². The van der Waals surface area contributed by atoms with E-state index in [4.69, 9.17) is 4.74 Å². The van der Waals surface area contributed by atoms with Crippen LogP contribution in [0.15, 0.2) is 12.1 Å². The summed E-state index contributed by atoms with van der Waals surface area (Å²) in [6.45, 7) is 1.87. The maximum Gasteiger partial charge on any atom is 0.175 e. The van der Waals surface area contributed by atoms with Crippen LogP contribution in [0.5, 0.6) is 5.75 Å². The van der Waals surface area contributed by atoms with Crippen LogP contribution in [0.25, 0.3) is 0 Å². The van der Waals surface area contributed by atoms with Gasteiger partial charge >= 0.3 is 0 Å². The maximum atomic E-state index is 11.5. The highest BCUT2D eigenvalue weighted by Gasteiger charge is 2.30. The Labute approximate surface area is 81.7 Å². The van der Waals surface area contributed by atoms with Crippen molar-refractivity contribution in [3.8, 4) is 5.75 Å². The van der Waals surface area contributed by atoms with Crippen LogP contribution >= 0.6 is 0 Å². The number of fused-ring (bicyclic) bond motifs is 1. The molecule has 0 amide bonds. The van der Waals surface area contributed by atoms with E-state index >= 15 is 0 Å². The van der Waals surface area contributed by atoms with Crippen molar-refractivity contribution in [1.29, 1.82) is 0 Å². The lowest BCUT2D eigenvalue weighted by atomic mass is 10.1. The van der Waals surface area contributed by atoms with E-state index in [0.29, 0.717) is 16.9 Å². The molecule has 1 aliphatic rings. The zero-order valence-corrected chi connectivity index (χ0v) is 8.09. The summed E-state index contributed by atoms with van der Waals surface area (Å²) in [5.41, 5.74) is 1.89. The van der Waals surface area contributed by atoms with Crippen molar-refractivity contribution < 1.29 is 14.3 Å². The van der Waals surface area contributed by atoms with E-state index in [9.17, 15) is 9.59 Å². The molecule has 0 fully saturated rings. The van der Waals surface area contributed by atoms with Crippen molar-refractivity contribution in [2.75, 3.05) is 7.11 Å². The molecule has 72 valence electrons. The number of hydrogen-bond acceptors (Lipinski definition) is 3. The maximum absolute atomic E-state index is 11.5. The summed E-state index contributed by atoms with van der Waals surface area (Å²) in [6.07, 6.45) is -0.0187. The third kappa shape index (κ3) is 1.13. The second-order valence-electron chi connectivity index (χ2n) is 3.41. The lowest BCUT2D eigenvalue weighted by Gasteiger charge is -2.06. The van der Waals surface area contributed by atoms with Crippen LogP contribution in [-0.4, -0.2) is 18.7 Å². The van der Waals surface area contributed by atoms with Gasteiger partial charge in [-0.1, -0.05) is 0 Å². The topological polar surface area (TPSA) is 43.4 Å². The van der Waals surface area contributed by atoms with E-state index in [2.05, 4.69) is 0 Å². The van der Waals surface area contributed by atoms with E-state index in [1.807, 2.05) is 6.92 Å². The highest BCUT2D eigenvalue weighted by Crippen LogP contribution is 2.31. The second-order valence-corrected chi connectivity index (χ2v) is 3.41. The molecule has 14 heavy (non-hydrogen) atoms. The number of Topliss-reactive ketones (excluding diaryl/α,β-unsaturated/α-hetero) is 2. The first-order valence-corrected chi connectivity index (χ1v) is 4.38. The number of aryl methyl sites for hydroxylation is 1. The molecule has 0 bridgehead atoms. The summed E-state index contributed by atoms with van der Waals surface area (Å²) in [6, 6.07) is 3.51. The van der Waals surface area contributed by atoms with Gasteiger partial charge in [0.25, 0.3) is 0 Å². The molecule has 0 saturated heterocycles. The van der Waals surface area contributed by atoms with Gasteiger partial charge in [-0.05, 0) is 24.6 Å². The summed E-state index contributed by atoms with van der Waals surface area (Å²) >= 11 is 0. The van der Waals surface area contributed by atoms with Crippen molar-refractivity contribution in [3.63, 3.8) is 0 Å². The molecule has 2 rings (SSSR count). The Kier molecular flexibility index (Phi) is 1.88. The molecule has 0 spiro atoms. The monoisotopic (exact) mass is 190 g/mol. The Hall–Kier alpha value is -1.64. The fraction of sp³-hybridized carbons (Fsp3) is 0.273. The van der Waals surface area contributed by atoms with Crippen LogP contribution in [0.2, 0.25) is 0 Å². The van der Waals surface area contributed by atoms with Crippen LogP contribution < -0.4 is 4.74 Å². The molecule has 0 heterocycles. The average Bonchev–Trinajstić information content (AvgIpc) is 2.41. The molecule has 0 radical (unpaired) electrons. The van der Waals surface area contributed by atoms with Crippen LogP contribution in [0.4, 0.5) is 0 Å². The number of hydrogen-bond donors (Lipinski definition) is 0. The standard InChI is InChI=1S/C11H10O3/c1-6-3-7-8(12)5-9(13)11(7)10(4-6)14-2/h3-4H,5H2,1-2H3. The molecule has 1 aromatic rings. The van der Waals surface area contributed by atoms with E-state index in [0.717, 1.165) is 5.56 Å².